The zero-order chi connectivity index (χ0) is 19.7. The number of aliphatic imine (C=N–C) groups is 1. The number of nitrogens with zero attached hydrogens (tertiary/aromatic N) is 2. The van der Waals surface area contributed by atoms with Crippen molar-refractivity contribution in [1.29, 1.82) is 0 Å². The summed E-state index contributed by atoms with van der Waals surface area (Å²) in [6, 6.07) is 5.92. The van der Waals surface area contributed by atoms with Gasteiger partial charge in [0.1, 0.15) is 17.7 Å². The molecule has 160 valence electrons. The Bertz CT molecular complexity index is 702. The zero-order valence-electron chi connectivity index (χ0n) is 16.4. The number of hydrogen-bond donors (Lipinski definition) is 2. The van der Waals surface area contributed by atoms with E-state index in [0.29, 0.717) is 37.9 Å². The highest BCUT2D eigenvalue weighted by Crippen LogP contribution is 2.13. The first kappa shape index (κ1) is 24.9. The van der Waals surface area contributed by atoms with Crippen LogP contribution in [-0.2, 0) is 9.84 Å². The molecule has 0 spiro atoms. The molecule has 0 saturated carbocycles. The molecule has 1 fully saturated rings. The largest absolute Gasteiger partial charge is 0.489 e. The van der Waals surface area contributed by atoms with Crippen LogP contribution in [0.3, 0.4) is 0 Å². The molecule has 7 nitrogen and oxygen atoms in total. The number of benzene rings is 1. The second kappa shape index (κ2) is 12.4. The predicted octanol–water partition coefficient (Wildman–Crippen LogP) is 1.50. The van der Waals surface area contributed by atoms with Crippen molar-refractivity contribution in [1.82, 2.24) is 15.5 Å². The Morgan fingerprint density at radius 2 is 1.89 bits per heavy atom. The molecule has 0 bridgehead atoms. The number of nitrogens with one attached hydrogen (secondary N) is 2. The molecule has 0 aliphatic carbocycles. The Labute approximate surface area is 184 Å². The highest BCUT2D eigenvalue weighted by molar-refractivity contribution is 14.0. The molecular weight excluding hydrogens is 498 g/mol. The first-order valence-corrected chi connectivity index (χ1v) is 11.1. The van der Waals surface area contributed by atoms with Crippen LogP contribution in [0.25, 0.3) is 0 Å². The summed E-state index contributed by atoms with van der Waals surface area (Å²) < 4.78 is 41.6. The van der Waals surface area contributed by atoms with Gasteiger partial charge in [0, 0.05) is 32.7 Å². The molecule has 1 saturated heterocycles. The number of guanidine groups is 1. The third-order valence-corrected chi connectivity index (χ3v) is 5.77. The lowest BCUT2D eigenvalue weighted by molar-refractivity contribution is 0.230. The monoisotopic (exact) mass is 528 g/mol. The van der Waals surface area contributed by atoms with E-state index < -0.39 is 9.84 Å². The van der Waals surface area contributed by atoms with Crippen LogP contribution in [0.1, 0.15) is 13.8 Å². The summed E-state index contributed by atoms with van der Waals surface area (Å²) in [5.41, 5.74) is 0. The minimum Gasteiger partial charge on any atom is -0.489 e. The van der Waals surface area contributed by atoms with Gasteiger partial charge in [0.2, 0.25) is 0 Å². The lowest BCUT2D eigenvalue weighted by Gasteiger charge is -2.26. The lowest BCUT2D eigenvalue weighted by atomic mass is 10.3. The van der Waals surface area contributed by atoms with Gasteiger partial charge >= 0.3 is 0 Å². The molecule has 2 rings (SSSR count). The van der Waals surface area contributed by atoms with Crippen LogP contribution in [0, 0.1) is 5.82 Å². The van der Waals surface area contributed by atoms with Crippen molar-refractivity contribution in [3.8, 4) is 5.75 Å². The summed E-state index contributed by atoms with van der Waals surface area (Å²) in [5, 5.41) is 6.44. The van der Waals surface area contributed by atoms with E-state index >= 15 is 0 Å². The predicted molar refractivity (Wildman–Crippen MR) is 121 cm³/mol. The Hall–Kier alpha value is -1.14. The third kappa shape index (κ3) is 9.37. The summed E-state index contributed by atoms with van der Waals surface area (Å²) in [7, 11) is -2.84. The summed E-state index contributed by atoms with van der Waals surface area (Å²) in [6.07, 6.45) is -0.154. The smallest absolute Gasteiger partial charge is 0.191 e. The maximum absolute atomic E-state index is 12.9. The van der Waals surface area contributed by atoms with Crippen molar-refractivity contribution in [2.24, 2.45) is 4.99 Å². The van der Waals surface area contributed by atoms with E-state index in [4.69, 9.17) is 4.74 Å². The van der Waals surface area contributed by atoms with E-state index in [9.17, 15) is 12.8 Å². The Morgan fingerprint density at radius 3 is 2.50 bits per heavy atom. The number of ether oxygens (including phenoxy) is 1. The van der Waals surface area contributed by atoms with E-state index in [1.165, 1.54) is 12.1 Å². The average Bonchev–Trinajstić information content (AvgIpc) is 2.63. The minimum atomic E-state index is -2.84. The van der Waals surface area contributed by atoms with E-state index in [0.717, 1.165) is 13.1 Å². The fourth-order valence-corrected chi connectivity index (χ4v) is 3.93. The van der Waals surface area contributed by atoms with Crippen molar-refractivity contribution in [2.45, 2.75) is 20.0 Å². The molecule has 0 radical (unpaired) electrons. The summed E-state index contributed by atoms with van der Waals surface area (Å²) in [5.74, 6) is 1.48. The molecule has 1 aliphatic heterocycles. The van der Waals surface area contributed by atoms with Gasteiger partial charge in [0.25, 0.3) is 0 Å². The van der Waals surface area contributed by atoms with E-state index in [1.807, 2.05) is 13.8 Å². The summed E-state index contributed by atoms with van der Waals surface area (Å²) in [4.78, 5) is 6.65. The second-order valence-electron chi connectivity index (χ2n) is 6.52. The van der Waals surface area contributed by atoms with Crippen LogP contribution in [0.4, 0.5) is 4.39 Å². The van der Waals surface area contributed by atoms with Crippen LogP contribution in [-0.4, -0.2) is 76.2 Å². The van der Waals surface area contributed by atoms with Gasteiger partial charge in [-0.3, -0.25) is 4.90 Å². The summed E-state index contributed by atoms with van der Waals surface area (Å²) >= 11 is 0. The summed E-state index contributed by atoms with van der Waals surface area (Å²) in [6.45, 7) is 7.70. The van der Waals surface area contributed by atoms with Gasteiger partial charge in [0.15, 0.2) is 15.8 Å². The van der Waals surface area contributed by atoms with Crippen molar-refractivity contribution in [3.05, 3.63) is 30.1 Å². The molecule has 1 unspecified atom stereocenters. The van der Waals surface area contributed by atoms with Crippen LogP contribution in [0.2, 0.25) is 0 Å². The number of sulfone groups is 1. The SMILES string of the molecule is CCNC(=NCC(C)Oc1ccc(F)cc1)NCCN1CCS(=O)(=O)CC1.I. The van der Waals surface area contributed by atoms with Gasteiger partial charge in [-0.2, -0.15) is 0 Å². The first-order chi connectivity index (χ1) is 12.9. The van der Waals surface area contributed by atoms with Crippen LogP contribution in [0.5, 0.6) is 5.75 Å². The average molecular weight is 528 g/mol. The Kier molecular flexibility index (Phi) is 11.1. The zero-order valence-corrected chi connectivity index (χ0v) is 19.5. The van der Waals surface area contributed by atoms with E-state index in [-0.39, 0.29) is 47.4 Å². The fourth-order valence-electron chi connectivity index (χ4n) is 2.65. The molecule has 0 aromatic heterocycles. The van der Waals surface area contributed by atoms with Gasteiger partial charge in [-0.1, -0.05) is 0 Å². The molecule has 10 heteroatoms. The van der Waals surface area contributed by atoms with Crippen molar-refractivity contribution in [2.75, 3.05) is 50.8 Å². The standard InChI is InChI=1S/C18H29FN4O3S.HI/c1-3-20-18(21-8-9-23-10-12-27(24,25)13-11-23)22-14-15(2)26-17-6-4-16(19)5-7-17;/h4-7,15H,3,8-14H2,1-2H3,(H2,20,21,22);1H. The molecule has 0 amide bonds. The Morgan fingerprint density at radius 1 is 1.25 bits per heavy atom. The van der Waals surface area contributed by atoms with Crippen LogP contribution in [0.15, 0.2) is 29.3 Å². The van der Waals surface area contributed by atoms with Crippen molar-refractivity contribution < 1.29 is 17.5 Å². The maximum atomic E-state index is 12.9. The minimum absolute atomic E-state index is 0. The van der Waals surface area contributed by atoms with Crippen molar-refractivity contribution >= 4 is 39.8 Å². The Balaban J connectivity index is 0.00000392. The third-order valence-electron chi connectivity index (χ3n) is 4.16. The molecule has 1 aromatic rings. The topological polar surface area (TPSA) is 83.0 Å². The normalized spacial score (nSPS) is 18.0. The van der Waals surface area contributed by atoms with E-state index in [2.05, 4.69) is 20.5 Å². The quantitative estimate of drug-likeness (QED) is 0.303. The molecule has 1 aromatic carbocycles. The highest BCUT2D eigenvalue weighted by atomic mass is 127. The molecular formula is C18H30FIN4O3S. The maximum Gasteiger partial charge on any atom is 0.191 e. The van der Waals surface area contributed by atoms with Gasteiger partial charge in [-0.25, -0.2) is 17.8 Å². The highest BCUT2D eigenvalue weighted by Gasteiger charge is 2.20. The van der Waals surface area contributed by atoms with Gasteiger partial charge in [-0.15, -0.1) is 24.0 Å². The molecule has 28 heavy (non-hydrogen) atoms. The molecule has 1 aliphatic rings. The lowest BCUT2D eigenvalue weighted by Crippen LogP contribution is -2.46. The number of halogens is 2. The van der Waals surface area contributed by atoms with Gasteiger partial charge in [-0.05, 0) is 38.1 Å². The van der Waals surface area contributed by atoms with Crippen molar-refractivity contribution in [3.63, 3.8) is 0 Å². The van der Waals surface area contributed by atoms with Crippen LogP contribution < -0.4 is 15.4 Å². The number of rotatable bonds is 8. The molecule has 1 heterocycles. The molecule has 1 atom stereocenters. The first-order valence-electron chi connectivity index (χ1n) is 9.25. The van der Waals surface area contributed by atoms with Gasteiger partial charge < -0.3 is 15.4 Å². The second-order valence-corrected chi connectivity index (χ2v) is 8.83. The van der Waals surface area contributed by atoms with Gasteiger partial charge in [0.05, 0.1) is 18.1 Å². The van der Waals surface area contributed by atoms with Crippen LogP contribution >= 0.6 is 24.0 Å². The van der Waals surface area contributed by atoms with E-state index in [1.54, 1.807) is 12.1 Å². The molecule has 2 N–H and O–H groups in total. The number of hydrogen-bond acceptors (Lipinski definition) is 5. The fraction of sp³-hybridized carbons (Fsp3) is 0.611.